The van der Waals surface area contributed by atoms with Gasteiger partial charge in [-0.15, -0.1) is 5.10 Å². The van der Waals surface area contributed by atoms with Gasteiger partial charge < -0.3 is 0 Å². The summed E-state index contributed by atoms with van der Waals surface area (Å²) in [5.41, 5.74) is 0.266. The predicted molar refractivity (Wildman–Crippen MR) is 106 cm³/mol. The minimum absolute atomic E-state index is 0.180. The topological polar surface area (TPSA) is 74.7 Å². The van der Waals surface area contributed by atoms with E-state index in [0.717, 1.165) is 16.7 Å². The van der Waals surface area contributed by atoms with Crippen LogP contribution >= 0.6 is 0 Å². The van der Waals surface area contributed by atoms with Gasteiger partial charge in [-0.25, -0.2) is 18.3 Å². The molecule has 0 saturated carbocycles. The number of benzene rings is 2. The summed E-state index contributed by atoms with van der Waals surface area (Å²) in [4.78, 5) is 25.6. The number of aromatic nitrogens is 5. The lowest BCUT2D eigenvalue weighted by atomic mass is 10.1. The van der Waals surface area contributed by atoms with Gasteiger partial charge >= 0.3 is 5.69 Å². The van der Waals surface area contributed by atoms with Gasteiger partial charge in [-0.3, -0.25) is 13.9 Å². The normalized spacial score (nSPS) is 10.8. The second-order valence-electron chi connectivity index (χ2n) is 6.62. The summed E-state index contributed by atoms with van der Waals surface area (Å²) in [6, 6.07) is 8.24. The molecule has 0 N–H and O–H groups in total. The monoisotopic (exact) mass is 407 g/mol. The zero-order chi connectivity index (χ0) is 21.3. The Balaban J connectivity index is 1.76. The molecule has 4 rings (SSSR count). The minimum atomic E-state index is -1.04. The van der Waals surface area contributed by atoms with Crippen molar-refractivity contribution in [2.45, 2.75) is 13.1 Å². The highest BCUT2D eigenvalue weighted by molar-refractivity contribution is 5.79. The maximum atomic E-state index is 13.5. The first-order valence-electron chi connectivity index (χ1n) is 8.94. The lowest BCUT2D eigenvalue weighted by molar-refractivity contribution is 0.506. The fourth-order valence-electron chi connectivity index (χ4n) is 3.09. The van der Waals surface area contributed by atoms with E-state index in [9.17, 15) is 18.4 Å². The van der Waals surface area contributed by atoms with Crippen molar-refractivity contribution in [1.29, 1.82) is 0 Å². The third-order valence-corrected chi connectivity index (χ3v) is 4.62. The van der Waals surface area contributed by atoms with Crippen LogP contribution in [-0.2, 0) is 20.1 Å². The van der Waals surface area contributed by atoms with E-state index < -0.39 is 22.9 Å². The zero-order valence-electron chi connectivity index (χ0n) is 15.8. The van der Waals surface area contributed by atoms with Crippen LogP contribution in [0.15, 0.2) is 58.4 Å². The van der Waals surface area contributed by atoms with Crippen LogP contribution in [0.2, 0.25) is 0 Å². The summed E-state index contributed by atoms with van der Waals surface area (Å²) in [5.74, 6) is 3.86. The fourth-order valence-corrected chi connectivity index (χ4v) is 3.09. The van der Waals surface area contributed by atoms with E-state index >= 15 is 0 Å². The van der Waals surface area contributed by atoms with Gasteiger partial charge in [0.25, 0.3) is 5.56 Å². The summed E-state index contributed by atoms with van der Waals surface area (Å²) >= 11 is 0. The number of hydrogen-bond acceptors (Lipinski definition) is 4. The lowest BCUT2D eigenvalue weighted by Crippen LogP contribution is -2.39. The largest absolute Gasteiger partial charge is 0.331 e. The molecule has 2 aromatic carbocycles. The minimum Gasteiger partial charge on any atom is -0.296 e. The van der Waals surface area contributed by atoms with Crippen LogP contribution in [-0.4, -0.2) is 24.1 Å². The first-order chi connectivity index (χ1) is 14.4. The molecule has 0 atom stereocenters. The molecule has 0 fully saturated rings. The summed E-state index contributed by atoms with van der Waals surface area (Å²) in [7, 11) is 1.54. The number of hydrogen-bond donors (Lipinski definition) is 0. The molecule has 0 bridgehead atoms. The summed E-state index contributed by atoms with van der Waals surface area (Å²) in [6.07, 6.45) is 3.23. The van der Waals surface area contributed by atoms with Gasteiger partial charge in [0.15, 0.2) is 11.6 Å². The van der Waals surface area contributed by atoms with Gasteiger partial charge in [0.2, 0.25) is 0 Å². The maximum Gasteiger partial charge on any atom is 0.331 e. The second kappa shape index (κ2) is 7.75. The van der Waals surface area contributed by atoms with E-state index in [1.165, 1.54) is 10.6 Å². The van der Waals surface area contributed by atoms with Crippen molar-refractivity contribution in [3.63, 3.8) is 0 Å². The van der Waals surface area contributed by atoms with E-state index in [4.69, 9.17) is 0 Å². The highest BCUT2D eigenvalue weighted by Gasteiger charge is 2.13. The van der Waals surface area contributed by atoms with E-state index in [2.05, 4.69) is 22.2 Å². The quantitative estimate of drug-likeness (QED) is 0.485. The van der Waals surface area contributed by atoms with Gasteiger partial charge in [-0.2, -0.15) is 0 Å². The van der Waals surface area contributed by atoms with Crippen LogP contribution in [0, 0.1) is 23.5 Å². The maximum absolute atomic E-state index is 13.5. The Morgan fingerprint density at radius 2 is 1.90 bits per heavy atom. The first-order valence-corrected chi connectivity index (χ1v) is 8.94. The van der Waals surface area contributed by atoms with Gasteiger partial charge in [0.1, 0.15) is 6.54 Å². The van der Waals surface area contributed by atoms with Gasteiger partial charge in [0.05, 0.1) is 23.6 Å². The predicted octanol–water partition coefficient (Wildman–Crippen LogP) is 1.67. The number of fused-ring (bicyclic) bond motifs is 1. The van der Waals surface area contributed by atoms with Crippen molar-refractivity contribution in [1.82, 2.24) is 24.1 Å². The Kier molecular flexibility index (Phi) is 4.98. The molecule has 0 aliphatic carbocycles. The molecular weight excluding hydrogens is 392 g/mol. The Bertz CT molecular complexity index is 1430. The van der Waals surface area contributed by atoms with E-state index in [0.29, 0.717) is 28.6 Å². The summed E-state index contributed by atoms with van der Waals surface area (Å²) in [6.45, 7) is 0.159. The van der Waals surface area contributed by atoms with Crippen molar-refractivity contribution < 1.29 is 8.78 Å². The third-order valence-electron chi connectivity index (χ3n) is 4.62. The third kappa shape index (κ3) is 3.63. The number of aryl methyl sites for hydroxylation is 1. The average Bonchev–Trinajstić information content (AvgIpc) is 3.25. The van der Waals surface area contributed by atoms with Crippen LogP contribution in [0.5, 0.6) is 0 Å². The molecule has 0 aliphatic rings. The Labute approximate surface area is 168 Å². The van der Waals surface area contributed by atoms with Gasteiger partial charge in [-0.05, 0) is 35.9 Å². The summed E-state index contributed by atoms with van der Waals surface area (Å²) in [5, 5.41) is 7.81. The van der Waals surface area contributed by atoms with E-state index in [-0.39, 0.29) is 6.54 Å². The zero-order valence-corrected chi connectivity index (χ0v) is 15.8. The highest BCUT2D eigenvalue weighted by atomic mass is 19.2. The summed E-state index contributed by atoms with van der Waals surface area (Å²) < 4.78 is 30.6. The van der Waals surface area contributed by atoms with Crippen molar-refractivity contribution in [3.8, 4) is 11.8 Å². The molecule has 0 saturated heterocycles. The molecule has 0 radical (unpaired) electrons. The molecule has 150 valence electrons. The van der Waals surface area contributed by atoms with Crippen LogP contribution in [0.4, 0.5) is 8.78 Å². The number of halogens is 2. The van der Waals surface area contributed by atoms with Gasteiger partial charge in [0, 0.05) is 18.8 Å². The molecule has 0 aliphatic heterocycles. The van der Waals surface area contributed by atoms with Crippen LogP contribution in [0.3, 0.4) is 0 Å². The molecule has 2 heterocycles. The standard InChI is InChI=1S/C21H15F2N5O2/c1-26-19-7-5-14(3-2-9-27-10-8-24-25-27)11-16(19)20(29)28(21(26)30)13-15-4-6-17(22)18(23)12-15/h4-8,10-12H,9,13H2,1H3. The number of rotatable bonds is 3. The van der Waals surface area contributed by atoms with Crippen molar-refractivity contribution in [2.24, 2.45) is 7.05 Å². The van der Waals surface area contributed by atoms with Crippen LogP contribution in [0.25, 0.3) is 10.9 Å². The van der Waals surface area contributed by atoms with Crippen LogP contribution in [0.1, 0.15) is 11.1 Å². The molecule has 7 nitrogen and oxygen atoms in total. The first kappa shape index (κ1) is 19.3. The fraction of sp³-hybridized carbons (Fsp3) is 0.143. The SMILES string of the molecule is Cn1c(=O)n(Cc2ccc(F)c(F)c2)c(=O)c2cc(C#CCn3ccnn3)ccc21. The lowest BCUT2D eigenvalue weighted by Gasteiger charge is -2.11. The van der Waals surface area contributed by atoms with Crippen LogP contribution < -0.4 is 11.2 Å². The Morgan fingerprint density at radius 3 is 2.63 bits per heavy atom. The molecule has 4 aromatic rings. The van der Waals surface area contributed by atoms with Crippen molar-refractivity contribution in [2.75, 3.05) is 0 Å². The van der Waals surface area contributed by atoms with Crippen molar-refractivity contribution >= 4 is 10.9 Å². The molecule has 9 heteroatoms. The smallest absolute Gasteiger partial charge is 0.296 e. The van der Waals surface area contributed by atoms with Gasteiger partial charge in [-0.1, -0.05) is 23.1 Å². The molecule has 0 spiro atoms. The van der Waals surface area contributed by atoms with Crippen molar-refractivity contribution in [3.05, 3.63) is 92.4 Å². The van der Waals surface area contributed by atoms with E-state index in [1.54, 1.807) is 42.3 Å². The average molecular weight is 407 g/mol. The molecule has 0 amide bonds. The molecule has 2 aromatic heterocycles. The highest BCUT2D eigenvalue weighted by Crippen LogP contribution is 2.12. The second-order valence-corrected chi connectivity index (χ2v) is 6.62. The molecular formula is C21H15F2N5O2. The Hall–Kier alpha value is -4.06. The molecule has 30 heavy (non-hydrogen) atoms. The Morgan fingerprint density at radius 1 is 1.07 bits per heavy atom. The number of nitrogens with zero attached hydrogens (tertiary/aromatic N) is 5. The molecule has 0 unspecified atom stereocenters. The van der Waals surface area contributed by atoms with E-state index in [1.807, 2.05) is 0 Å².